The van der Waals surface area contributed by atoms with Gasteiger partial charge in [-0.2, -0.15) is 0 Å². The van der Waals surface area contributed by atoms with Gasteiger partial charge in [-0.05, 0) is 24.3 Å². The molecule has 1 unspecified atom stereocenters. The molecule has 18 heavy (non-hydrogen) atoms. The molecule has 1 saturated heterocycles. The van der Waals surface area contributed by atoms with Gasteiger partial charge < -0.3 is 15.2 Å². The van der Waals surface area contributed by atoms with E-state index in [0.717, 1.165) is 26.2 Å². The number of nitrogens with two attached hydrogens (primary N) is 1. The first-order valence-electron chi connectivity index (χ1n) is 6.20. The lowest BCUT2D eigenvalue weighted by atomic mass is 10.3. The van der Waals surface area contributed by atoms with Gasteiger partial charge in [-0.3, -0.25) is 4.90 Å². The quantitative estimate of drug-likeness (QED) is 0.847. The summed E-state index contributed by atoms with van der Waals surface area (Å²) in [7, 11) is 0. The van der Waals surface area contributed by atoms with Gasteiger partial charge in [0, 0.05) is 26.2 Å². The molecule has 1 heterocycles. The average Bonchev–Trinajstić information content (AvgIpc) is 2.41. The molecule has 0 aliphatic carbocycles. The van der Waals surface area contributed by atoms with Crippen LogP contribution in [0.4, 0.5) is 4.39 Å². The van der Waals surface area contributed by atoms with E-state index in [-0.39, 0.29) is 11.9 Å². The number of rotatable bonds is 5. The van der Waals surface area contributed by atoms with Gasteiger partial charge in [-0.15, -0.1) is 0 Å². The molecule has 0 aromatic heterocycles. The van der Waals surface area contributed by atoms with Crippen molar-refractivity contribution in [3.63, 3.8) is 0 Å². The summed E-state index contributed by atoms with van der Waals surface area (Å²) in [6.45, 7) is 4.44. The highest BCUT2D eigenvalue weighted by atomic mass is 19.1. The van der Waals surface area contributed by atoms with Gasteiger partial charge in [0.15, 0.2) is 0 Å². The van der Waals surface area contributed by atoms with Crippen molar-refractivity contribution in [2.45, 2.75) is 6.10 Å². The fourth-order valence-electron chi connectivity index (χ4n) is 1.95. The summed E-state index contributed by atoms with van der Waals surface area (Å²) in [5, 5.41) is 0. The van der Waals surface area contributed by atoms with E-state index in [4.69, 9.17) is 15.2 Å². The molecule has 5 heteroatoms. The zero-order chi connectivity index (χ0) is 12.8. The summed E-state index contributed by atoms with van der Waals surface area (Å²) in [4.78, 5) is 2.27. The lowest BCUT2D eigenvalue weighted by Crippen LogP contribution is -2.46. The minimum atomic E-state index is -0.249. The van der Waals surface area contributed by atoms with E-state index in [1.807, 2.05) is 0 Å². The molecule has 1 aromatic carbocycles. The molecule has 1 fully saturated rings. The molecule has 4 nitrogen and oxygen atoms in total. The minimum Gasteiger partial charge on any atom is -0.492 e. The lowest BCUT2D eigenvalue weighted by molar-refractivity contribution is -0.0261. The third-order valence-corrected chi connectivity index (χ3v) is 2.98. The van der Waals surface area contributed by atoms with E-state index in [9.17, 15) is 4.39 Å². The van der Waals surface area contributed by atoms with E-state index in [1.54, 1.807) is 12.1 Å². The Labute approximate surface area is 106 Å². The van der Waals surface area contributed by atoms with Gasteiger partial charge in [0.25, 0.3) is 0 Å². The molecule has 1 aliphatic heterocycles. The zero-order valence-electron chi connectivity index (χ0n) is 10.3. The summed E-state index contributed by atoms with van der Waals surface area (Å²) in [6, 6.07) is 6.07. The second-order valence-corrected chi connectivity index (χ2v) is 4.33. The van der Waals surface area contributed by atoms with Gasteiger partial charge in [0.05, 0.1) is 12.7 Å². The molecule has 0 saturated carbocycles. The molecular weight excluding hydrogens is 235 g/mol. The zero-order valence-corrected chi connectivity index (χ0v) is 10.3. The first-order chi connectivity index (χ1) is 8.78. The number of benzene rings is 1. The summed E-state index contributed by atoms with van der Waals surface area (Å²) in [5.41, 5.74) is 5.58. The number of nitrogens with zero attached hydrogens (tertiary/aromatic N) is 1. The Kier molecular flexibility index (Phi) is 4.92. The largest absolute Gasteiger partial charge is 0.492 e. The van der Waals surface area contributed by atoms with Crippen molar-refractivity contribution in [3.8, 4) is 5.75 Å². The Hall–Kier alpha value is -1.17. The maximum Gasteiger partial charge on any atom is 0.123 e. The Morgan fingerprint density at radius 2 is 2.17 bits per heavy atom. The van der Waals surface area contributed by atoms with Crippen LogP contribution in [-0.2, 0) is 4.74 Å². The van der Waals surface area contributed by atoms with Crippen molar-refractivity contribution in [1.29, 1.82) is 0 Å². The summed E-state index contributed by atoms with van der Waals surface area (Å²) in [5.74, 6) is 0.446. The minimum absolute atomic E-state index is 0.129. The standard InChI is InChI=1S/C13H19FN2O2/c14-11-1-3-12(4-2-11)17-7-5-16-6-8-18-13(9-15)10-16/h1-4,13H,5-10,15H2. The van der Waals surface area contributed by atoms with Crippen LogP contribution in [-0.4, -0.2) is 50.4 Å². The molecule has 1 aromatic rings. The van der Waals surface area contributed by atoms with Crippen molar-refractivity contribution in [1.82, 2.24) is 4.90 Å². The van der Waals surface area contributed by atoms with Crippen LogP contribution in [0, 0.1) is 5.82 Å². The lowest BCUT2D eigenvalue weighted by Gasteiger charge is -2.32. The second-order valence-electron chi connectivity index (χ2n) is 4.33. The topological polar surface area (TPSA) is 47.7 Å². The fourth-order valence-corrected chi connectivity index (χ4v) is 1.95. The Balaban J connectivity index is 1.70. The van der Waals surface area contributed by atoms with Crippen molar-refractivity contribution in [2.75, 3.05) is 39.4 Å². The first-order valence-corrected chi connectivity index (χ1v) is 6.20. The molecule has 1 aliphatic rings. The van der Waals surface area contributed by atoms with Crippen LogP contribution in [0.2, 0.25) is 0 Å². The van der Waals surface area contributed by atoms with Crippen LogP contribution in [0.3, 0.4) is 0 Å². The number of ether oxygens (including phenoxy) is 2. The SMILES string of the molecule is NCC1CN(CCOc2ccc(F)cc2)CCO1. The van der Waals surface area contributed by atoms with Gasteiger partial charge in [-0.25, -0.2) is 4.39 Å². The normalized spacial score (nSPS) is 20.9. The van der Waals surface area contributed by atoms with Crippen LogP contribution in [0.25, 0.3) is 0 Å². The van der Waals surface area contributed by atoms with E-state index < -0.39 is 0 Å². The monoisotopic (exact) mass is 254 g/mol. The van der Waals surface area contributed by atoms with E-state index in [2.05, 4.69) is 4.90 Å². The number of halogens is 1. The Bertz CT molecular complexity index is 359. The smallest absolute Gasteiger partial charge is 0.123 e. The first kappa shape index (κ1) is 13.3. The van der Waals surface area contributed by atoms with Crippen molar-refractivity contribution in [2.24, 2.45) is 5.73 Å². The maximum atomic E-state index is 12.7. The van der Waals surface area contributed by atoms with Crippen LogP contribution >= 0.6 is 0 Å². The van der Waals surface area contributed by atoms with Gasteiger partial charge in [0.2, 0.25) is 0 Å². The third kappa shape index (κ3) is 3.94. The van der Waals surface area contributed by atoms with Crippen LogP contribution in [0.15, 0.2) is 24.3 Å². The number of hydrogen-bond acceptors (Lipinski definition) is 4. The summed E-state index contributed by atoms with van der Waals surface area (Å²) < 4.78 is 23.7. The van der Waals surface area contributed by atoms with Crippen LogP contribution < -0.4 is 10.5 Å². The van der Waals surface area contributed by atoms with Crippen molar-refractivity contribution in [3.05, 3.63) is 30.1 Å². The Morgan fingerprint density at radius 3 is 2.89 bits per heavy atom. The Morgan fingerprint density at radius 1 is 1.39 bits per heavy atom. The van der Waals surface area contributed by atoms with E-state index >= 15 is 0 Å². The highest BCUT2D eigenvalue weighted by molar-refractivity contribution is 5.21. The molecule has 100 valence electrons. The molecule has 2 N–H and O–H groups in total. The molecule has 0 spiro atoms. The summed E-state index contributed by atoms with van der Waals surface area (Å²) in [6.07, 6.45) is 0.129. The van der Waals surface area contributed by atoms with Crippen molar-refractivity contribution >= 4 is 0 Å². The van der Waals surface area contributed by atoms with Gasteiger partial charge >= 0.3 is 0 Å². The fraction of sp³-hybridized carbons (Fsp3) is 0.538. The van der Waals surface area contributed by atoms with Gasteiger partial charge in [0.1, 0.15) is 18.2 Å². The number of morpholine rings is 1. The van der Waals surface area contributed by atoms with E-state index in [0.29, 0.717) is 18.9 Å². The molecule has 0 bridgehead atoms. The molecular formula is C13H19FN2O2. The molecule has 2 rings (SSSR count). The van der Waals surface area contributed by atoms with Gasteiger partial charge in [-0.1, -0.05) is 0 Å². The maximum absolute atomic E-state index is 12.7. The predicted molar refractivity (Wildman–Crippen MR) is 67.1 cm³/mol. The van der Waals surface area contributed by atoms with Crippen molar-refractivity contribution < 1.29 is 13.9 Å². The van der Waals surface area contributed by atoms with Crippen LogP contribution in [0.1, 0.15) is 0 Å². The molecule has 0 radical (unpaired) electrons. The highest BCUT2D eigenvalue weighted by Crippen LogP contribution is 2.11. The average molecular weight is 254 g/mol. The summed E-state index contributed by atoms with van der Waals surface area (Å²) >= 11 is 0. The molecule has 1 atom stereocenters. The number of hydrogen-bond donors (Lipinski definition) is 1. The molecule has 0 amide bonds. The second kappa shape index (κ2) is 6.68. The van der Waals surface area contributed by atoms with E-state index in [1.165, 1.54) is 12.1 Å². The third-order valence-electron chi connectivity index (χ3n) is 2.98. The van der Waals surface area contributed by atoms with Crippen LogP contribution in [0.5, 0.6) is 5.75 Å². The predicted octanol–water partition coefficient (Wildman–Crippen LogP) is 0.864. The highest BCUT2D eigenvalue weighted by Gasteiger charge is 2.18.